The Kier molecular flexibility index (Phi) is 5.70. The van der Waals surface area contributed by atoms with Crippen LogP contribution < -0.4 is 0 Å². The predicted octanol–water partition coefficient (Wildman–Crippen LogP) is 2.87. The quantitative estimate of drug-likeness (QED) is 0.758. The van der Waals surface area contributed by atoms with E-state index >= 15 is 0 Å². The molecule has 7 heteroatoms. The van der Waals surface area contributed by atoms with Crippen LogP contribution in [-0.4, -0.2) is 32.7 Å². The van der Waals surface area contributed by atoms with Crippen LogP contribution in [0.3, 0.4) is 0 Å². The van der Waals surface area contributed by atoms with Gasteiger partial charge < -0.3 is 0 Å². The van der Waals surface area contributed by atoms with Crippen LogP contribution in [0.15, 0.2) is 23.1 Å². The highest BCUT2D eigenvalue weighted by molar-refractivity contribution is 7.89. The van der Waals surface area contributed by atoms with Gasteiger partial charge in [-0.05, 0) is 29.7 Å². The number of hydrogen-bond donors (Lipinski definition) is 0. The minimum Gasteiger partial charge on any atom is -0.209 e. The van der Waals surface area contributed by atoms with E-state index in [1.165, 1.54) is 12.1 Å². The van der Waals surface area contributed by atoms with Crippen molar-refractivity contribution >= 4 is 21.6 Å². The average molecular weight is 312 g/mol. The van der Waals surface area contributed by atoms with Gasteiger partial charge in [0.15, 0.2) is 0 Å². The molecule has 0 N–H and O–H groups in total. The highest BCUT2D eigenvalue weighted by atomic mass is 35.5. The second-order valence-electron chi connectivity index (χ2n) is 4.09. The summed E-state index contributed by atoms with van der Waals surface area (Å²) in [6, 6.07) is 4.54. The predicted molar refractivity (Wildman–Crippen MR) is 71.2 cm³/mol. The van der Waals surface area contributed by atoms with Crippen molar-refractivity contribution in [3.63, 3.8) is 0 Å². The summed E-state index contributed by atoms with van der Waals surface area (Å²) in [5.74, 6) is 0.186. The summed E-state index contributed by atoms with van der Waals surface area (Å²) >= 11 is 5.77. The molecule has 0 unspecified atom stereocenters. The third kappa shape index (κ3) is 3.87. The maximum absolute atomic E-state index is 12.3. The fraction of sp³-hybridized carbons (Fsp3) is 0.500. The number of alkyl halides is 3. The summed E-state index contributed by atoms with van der Waals surface area (Å²) in [7, 11) is -2.76. The first kappa shape index (κ1) is 16.3. The van der Waals surface area contributed by atoms with Gasteiger partial charge in [0.2, 0.25) is 10.0 Å². The van der Waals surface area contributed by atoms with E-state index in [1.54, 1.807) is 6.07 Å². The van der Waals surface area contributed by atoms with E-state index in [9.17, 15) is 17.2 Å². The van der Waals surface area contributed by atoms with Crippen LogP contribution in [0.5, 0.6) is 0 Å². The van der Waals surface area contributed by atoms with Gasteiger partial charge in [0.05, 0.1) is 11.4 Å². The molecule has 0 spiro atoms. The molecule has 0 atom stereocenters. The molecule has 0 aliphatic carbocycles. The molecule has 0 saturated heterocycles. The first-order chi connectivity index (χ1) is 8.82. The Morgan fingerprint density at radius 1 is 1.32 bits per heavy atom. The lowest BCUT2D eigenvalue weighted by Gasteiger charge is -2.17. The third-order valence-corrected chi connectivity index (χ3v) is 4.91. The van der Waals surface area contributed by atoms with Gasteiger partial charge in [0.25, 0.3) is 6.43 Å². The molecule has 19 heavy (non-hydrogen) atoms. The Bertz CT molecular complexity index is 535. The molecular weight excluding hydrogens is 296 g/mol. The van der Waals surface area contributed by atoms with Crippen molar-refractivity contribution in [3.05, 3.63) is 29.3 Å². The number of rotatable bonds is 6. The van der Waals surface area contributed by atoms with Crippen LogP contribution in [0.25, 0.3) is 0 Å². The summed E-state index contributed by atoms with van der Waals surface area (Å²) in [6.45, 7) is 1.11. The lowest BCUT2D eigenvalue weighted by atomic mass is 10.1. The zero-order valence-corrected chi connectivity index (χ0v) is 12.3. The summed E-state index contributed by atoms with van der Waals surface area (Å²) in [5.41, 5.74) is 1.65. The monoisotopic (exact) mass is 311 g/mol. The second-order valence-corrected chi connectivity index (χ2v) is 6.41. The minimum absolute atomic E-state index is 0.0106. The topological polar surface area (TPSA) is 37.4 Å². The number of benzene rings is 1. The SMILES string of the molecule is CCc1ccc(S(=O)(=O)N(C)CC(F)F)cc1CCl. The highest BCUT2D eigenvalue weighted by Gasteiger charge is 2.24. The van der Waals surface area contributed by atoms with Crippen molar-refractivity contribution in [1.82, 2.24) is 4.31 Å². The van der Waals surface area contributed by atoms with Gasteiger partial charge in [-0.15, -0.1) is 11.6 Å². The zero-order chi connectivity index (χ0) is 14.6. The Balaban J connectivity index is 3.15. The molecule has 108 valence electrons. The smallest absolute Gasteiger partial charge is 0.209 e. The largest absolute Gasteiger partial charge is 0.252 e. The van der Waals surface area contributed by atoms with Gasteiger partial charge in [-0.25, -0.2) is 17.2 Å². The maximum atomic E-state index is 12.3. The van der Waals surface area contributed by atoms with E-state index in [4.69, 9.17) is 11.6 Å². The van der Waals surface area contributed by atoms with Crippen LogP contribution in [-0.2, 0) is 22.3 Å². The summed E-state index contributed by atoms with van der Waals surface area (Å²) < 4.78 is 49.4. The van der Waals surface area contributed by atoms with E-state index in [-0.39, 0.29) is 10.8 Å². The molecule has 1 aromatic rings. The lowest BCUT2D eigenvalue weighted by Crippen LogP contribution is -2.31. The van der Waals surface area contributed by atoms with Gasteiger partial charge in [-0.2, -0.15) is 4.31 Å². The molecule has 0 bridgehead atoms. The molecule has 0 amide bonds. The number of nitrogens with zero attached hydrogens (tertiary/aromatic N) is 1. The molecular formula is C12H16ClF2NO2S. The molecule has 3 nitrogen and oxygen atoms in total. The molecule has 0 heterocycles. The Morgan fingerprint density at radius 2 is 1.95 bits per heavy atom. The van der Waals surface area contributed by atoms with Crippen LogP contribution >= 0.6 is 11.6 Å². The van der Waals surface area contributed by atoms with Crippen molar-refractivity contribution in [2.75, 3.05) is 13.6 Å². The number of sulfonamides is 1. The molecule has 0 aliphatic heterocycles. The van der Waals surface area contributed by atoms with Crippen molar-refractivity contribution in [2.45, 2.75) is 30.5 Å². The van der Waals surface area contributed by atoms with E-state index in [1.807, 2.05) is 6.92 Å². The first-order valence-corrected chi connectivity index (χ1v) is 7.72. The number of hydrogen-bond acceptors (Lipinski definition) is 2. The summed E-state index contributed by atoms with van der Waals surface area (Å²) in [6.07, 6.45) is -1.97. The Labute approximate surface area is 117 Å². The fourth-order valence-corrected chi connectivity index (χ4v) is 3.15. The molecule has 1 aromatic carbocycles. The normalized spacial score (nSPS) is 12.4. The highest BCUT2D eigenvalue weighted by Crippen LogP contribution is 2.21. The zero-order valence-electron chi connectivity index (χ0n) is 10.7. The molecule has 0 fully saturated rings. The Hall–Kier alpha value is -0.720. The van der Waals surface area contributed by atoms with Crippen molar-refractivity contribution in [2.24, 2.45) is 0 Å². The maximum Gasteiger partial charge on any atom is 0.252 e. The number of halogens is 3. The molecule has 0 aromatic heterocycles. The Morgan fingerprint density at radius 3 is 2.42 bits per heavy atom. The number of aryl methyl sites for hydroxylation is 1. The van der Waals surface area contributed by atoms with Gasteiger partial charge in [-0.3, -0.25) is 0 Å². The van der Waals surface area contributed by atoms with E-state index in [0.29, 0.717) is 9.87 Å². The standard InChI is InChI=1S/C12H16ClF2NO2S/c1-3-9-4-5-11(6-10(9)7-13)19(17,18)16(2)8-12(14)15/h4-6,12H,3,7-8H2,1-2H3. The molecule has 1 rings (SSSR count). The van der Waals surface area contributed by atoms with Crippen LogP contribution in [0.2, 0.25) is 0 Å². The fourth-order valence-electron chi connectivity index (χ4n) is 1.70. The van der Waals surface area contributed by atoms with Crippen LogP contribution in [0.4, 0.5) is 8.78 Å². The third-order valence-electron chi connectivity index (χ3n) is 2.81. The molecule has 0 saturated carbocycles. The van der Waals surface area contributed by atoms with Crippen molar-refractivity contribution < 1.29 is 17.2 Å². The van der Waals surface area contributed by atoms with E-state index in [2.05, 4.69) is 0 Å². The van der Waals surface area contributed by atoms with Crippen LogP contribution in [0.1, 0.15) is 18.1 Å². The second kappa shape index (κ2) is 6.63. The van der Waals surface area contributed by atoms with Gasteiger partial charge in [-0.1, -0.05) is 13.0 Å². The van der Waals surface area contributed by atoms with E-state index < -0.39 is 23.0 Å². The summed E-state index contributed by atoms with van der Waals surface area (Å²) in [4.78, 5) is -0.0106. The van der Waals surface area contributed by atoms with Gasteiger partial charge >= 0.3 is 0 Å². The van der Waals surface area contributed by atoms with Gasteiger partial charge in [0, 0.05) is 12.9 Å². The first-order valence-electron chi connectivity index (χ1n) is 5.75. The van der Waals surface area contributed by atoms with Crippen LogP contribution in [0, 0.1) is 0 Å². The molecule has 0 radical (unpaired) electrons. The van der Waals surface area contributed by atoms with Crippen molar-refractivity contribution in [1.29, 1.82) is 0 Å². The lowest BCUT2D eigenvalue weighted by molar-refractivity contribution is 0.126. The van der Waals surface area contributed by atoms with Gasteiger partial charge in [0.1, 0.15) is 0 Å². The van der Waals surface area contributed by atoms with E-state index in [0.717, 1.165) is 19.0 Å². The summed E-state index contributed by atoms with van der Waals surface area (Å²) in [5, 5.41) is 0. The average Bonchev–Trinajstić information content (AvgIpc) is 2.36. The molecule has 0 aliphatic rings. The minimum atomic E-state index is -3.90. The van der Waals surface area contributed by atoms with Crippen molar-refractivity contribution in [3.8, 4) is 0 Å².